The van der Waals surface area contributed by atoms with Crippen molar-refractivity contribution < 1.29 is 24.1 Å². The molecule has 0 bridgehead atoms. The number of methoxy groups -OCH3 is 1. The van der Waals surface area contributed by atoms with Crippen LogP contribution >= 0.6 is 0 Å². The lowest BCUT2D eigenvalue weighted by molar-refractivity contribution is -0.138. The van der Waals surface area contributed by atoms with Crippen molar-refractivity contribution in [3.8, 4) is 11.5 Å². The van der Waals surface area contributed by atoms with Gasteiger partial charge in [-0.05, 0) is 13.0 Å². The molecule has 2 rings (SSSR count). The smallest absolute Gasteiger partial charge is 0.310 e. The Balaban J connectivity index is 2.33. The van der Waals surface area contributed by atoms with E-state index in [9.17, 15) is 4.79 Å². The van der Waals surface area contributed by atoms with Crippen LogP contribution < -0.4 is 9.47 Å². The highest BCUT2D eigenvalue weighted by Crippen LogP contribution is 2.37. The largest absolute Gasteiger partial charge is 0.493 e. The average molecular weight is 252 g/mol. The Morgan fingerprint density at radius 2 is 2.22 bits per heavy atom. The molecule has 18 heavy (non-hydrogen) atoms. The Labute approximate surface area is 105 Å². The van der Waals surface area contributed by atoms with Crippen molar-refractivity contribution in [2.75, 3.05) is 20.3 Å². The van der Waals surface area contributed by atoms with E-state index in [4.69, 9.17) is 19.3 Å². The number of hydrogen-bond acceptors (Lipinski definition) is 4. The quantitative estimate of drug-likeness (QED) is 0.863. The zero-order valence-electron chi connectivity index (χ0n) is 10.4. The highest BCUT2D eigenvalue weighted by molar-refractivity contribution is 5.77. The second kappa shape index (κ2) is 5.27. The summed E-state index contributed by atoms with van der Waals surface area (Å²) in [6.07, 6.45) is -0.0268. The predicted octanol–water partition coefficient (Wildman–Crippen LogP) is 1.66. The zero-order chi connectivity index (χ0) is 13.1. The molecule has 1 aliphatic heterocycles. The van der Waals surface area contributed by atoms with E-state index in [1.54, 1.807) is 25.1 Å². The number of hydrogen-bond donors (Lipinski definition) is 1. The van der Waals surface area contributed by atoms with Crippen molar-refractivity contribution in [2.45, 2.75) is 18.9 Å². The van der Waals surface area contributed by atoms with Crippen LogP contribution in [0.4, 0.5) is 0 Å². The lowest BCUT2D eigenvalue weighted by atomic mass is 10.00. The number of rotatable bonds is 5. The second-order valence-corrected chi connectivity index (χ2v) is 4.22. The molecule has 1 fully saturated rings. The van der Waals surface area contributed by atoms with Gasteiger partial charge in [0.2, 0.25) is 0 Å². The van der Waals surface area contributed by atoms with Gasteiger partial charge in [0.25, 0.3) is 0 Å². The number of aliphatic carboxylic acids is 1. The standard InChI is InChI=1S/C13H16O5/c1-8(13(14)15)10-4-3-5-11(16-2)12(10)18-9-6-17-7-9/h3-5,8-9H,6-7H2,1-2H3,(H,14,15). The molecule has 1 heterocycles. The van der Waals surface area contributed by atoms with Crippen molar-refractivity contribution in [3.63, 3.8) is 0 Å². The molecule has 1 saturated heterocycles. The molecule has 0 spiro atoms. The first-order chi connectivity index (χ1) is 8.63. The first-order valence-corrected chi connectivity index (χ1v) is 5.77. The van der Waals surface area contributed by atoms with Gasteiger partial charge in [-0.25, -0.2) is 0 Å². The van der Waals surface area contributed by atoms with E-state index in [1.807, 2.05) is 0 Å². The van der Waals surface area contributed by atoms with Crippen LogP contribution in [0.15, 0.2) is 18.2 Å². The number of carboxylic acids is 1. The van der Waals surface area contributed by atoms with Crippen molar-refractivity contribution in [1.82, 2.24) is 0 Å². The molecule has 0 saturated carbocycles. The third-order valence-corrected chi connectivity index (χ3v) is 2.96. The van der Waals surface area contributed by atoms with Gasteiger partial charge in [0, 0.05) is 5.56 Å². The van der Waals surface area contributed by atoms with Crippen LogP contribution in [-0.4, -0.2) is 37.5 Å². The summed E-state index contributed by atoms with van der Waals surface area (Å²) >= 11 is 0. The Morgan fingerprint density at radius 3 is 2.72 bits per heavy atom. The third-order valence-electron chi connectivity index (χ3n) is 2.96. The molecule has 98 valence electrons. The highest BCUT2D eigenvalue weighted by atomic mass is 16.6. The topological polar surface area (TPSA) is 65.0 Å². The lowest BCUT2D eigenvalue weighted by Gasteiger charge is -2.29. The molecule has 0 radical (unpaired) electrons. The van der Waals surface area contributed by atoms with E-state index in [2.05, 4.69) is 0 Å². The van der Waals surface area contributed by atoms with Crippen LogP contribution in [0.5, 0.6) is 11.5 Å². The summed E-state index contributed by atoms with van der Waals surface area (Å²) in [5, 5.41) is 9.11. The third kappa shape index (κ3) is 2.41. The summed E-state index contributed by atoms with van der Waals surface area (Å²) < 4.78 is 16.0. The molecule has 0 aromatic heterocycles. The molecule has 1 atom stereocenters. The molecule has 5 nitrogen and oxygen atoms in total. The lowest BCUT2D eigenvalue weighted by Crippen LogP contribution is -2.39. The maximum Gasteiger partial charge on any atom is 0.310 e. The number of carbonyl (C=O) groups is 1. The van der Waals surface area contributed by atoms with Gasteiger partial charge in [0.05, 0.1) is 26.2 Å². The van der Waals surface area contributed by atoms with Gasteiger partial charge >= 0.3 is 5.97 Å². The Bertz CT molecular complexity index is 439. The first-order valence-electron chi connectivity index (χ1n) is 5.77. The zero-order valence-corrected chi connectivity index (χ0v) is 10.4. The van der Waals surface area contributed by atoms with E-state index in [1.165, 1.54) is 7.11 Å². The van der Waals surface area contributed by atoms with Gasteiger partial charge in [0.1, 0.15) is 6.10 Å². The Hall–Kier alpha value is -1.75. The Kier molecular flexibility index (Phi) is 3.72. The molecule has 1 aromatic rings. The summed E-state index contributed by atoms with van der Waals surface area (Å²) in [7, 11) is 1.54. The summed E-state index contributed by atoms with van der Waals surface area (Å²) in [5.41, 5.74) is 0.619. The van der Waals surface area contributed by atoms with Gasteiger partial charge in [-0.1, -0.05) is 12.1 Å². The fraction of sp³-hybridized carbons (Fsp3) is 0.462. The maximum absolute atomic E-state index is 11.1. The van der Waals surface area contributed by atoms with Crippen molar-refractivity contribution in [3.05, 3.63) is 23.8 Å². The number of ether oxygens (including phenoxy) is 3. The average Bonchev–Trinajstić information content (AvgIpc) is 2.32. The fourth-order valence-electron chi connectivity index (χ4n) is 1.74. The molecule has 1 unspecified atom stereocenters. The minimum Gasteiger partial charge on any atom is -0.493 e. The molecule has 1 aliphatic rings. The van der Waals surface area contributed by atoms with E-state index < -0.39 is 11.9 Å². The predicted molar refractivity (Wildman–Crippen MR) is 64.3 cm³/mol. The van der Waals surface area contributed by atoms with Gasteiger partial charge in [-0.3, -0.25) is 4.79 Å². The van der Waals surface area contributed by atoms with Crippen molar-refractivity contribution in [1.29, 1.82) is 0 Å². The van der Waals surface area contributed by atoms with E-state index in [-0.39, 0.29) is 6.10 Å². The molecule has 0 amide bonds. The van der Waals surface area contributed by atoms with E-state index >= 15 is 0 Å². The van der Waals surface area contributed by atoms with Crippen LogP contribution in [0.3, 0.4) is 0 Å². The minimum atomic E-state index is -0.891. The molecular formula is C13H16O5. The number of carboxylic acid groups (broad SMARTS) is 1. The molecule has 1 aromatic carbocycles. The van der Waals surface area contributed by atoms with Crippen LogP contribution in [0.1, 0.15) is 18.4 Å². The van der Waals surface area contributed by atoms with E-state index in [0.717, 1.165) is 0 Å². The highest BCUT2D eigenvalue weighted by Gasteiger charge is 2.26. The van der Waals surface area contributed by atoms with Gasteiger partial charge in [-0.15, -0.1) is 0 Å². The summed E-state index contributed by atoms with van der Waals surface area (Å²) in [6.45, 7) is 2.68. The van der Waals surface area contributed by atoms with Crippen LogP contribution in [0, 0.1) is 0 Å². The molecule has 5 heteroatoms. The molecule has 0 aliphatic carbocycles. The van der Waals surface area contributed by atoms with Crippen LogP contribution in [-0.2, 0) is 9.53 Å². The Morgan fingerprint density at radius 1 is 1.50 bits per heavy atom. The molecular weight excluding hydrogens is 236 g/mol. The SMILES string of the molecule is COc1cccc(C(C)C(=O)O)c1OC1COC1. The van der Waals surface area contributed by atoms with Gasteiger partial charge < -0.3 is 19.3 Å². The van der Waals surface area contributed by atoms with Crippen LogP contribution in [0.2, 0.25) is 0 Å². The number of benzene rings is 1. The monoisotopic (exact) mass is 252 g/mol. The minimum absolute atomic E-state index is 0.0268. The van der Waals surface area contributed by atoms with Crippen molar-refractivity contribution >= 4 is 5.97 Å². The van der Waals surface area contributed by atoms with Gasteiger partial charge in [0.15, 0.2) is 11.5 Å². The summed E-state index contributed by atoms with van der Waals surface area (Å²) in [4.78, 5) is 11.1. The van der Waals surface area contributed by atoms with Crippen LogP contribution in [0.25, 0.3) is 0 Å². The van der Waals surface area contributed by atoms with Gasteiger partial charge in [-0.2, -0.15) is 0 Å². The second-order valence-electron chi connectivity index (χ2n) is 4.22. The van der Waals surface area contributed by atoms with E-state index in [0.29, 0.717) is 30.3 Å². The summed E-state index contributed by atoms with van der Waals surface area (Å²) in [6, 6.07) is 5.26. The normalized spacial score (nSPS) is 16.8. The summed E-state index contributed by atoms with van der Waals surface area (Å²) in [5.74, 6) is -0.482. The van der Waals surface area contributed by atoms with Crippen molar-refractivity contribution in [2.24, 2.45) is 0 Å². The molecule has 1 N–H and O–H groups in total. The fourth-order valence-corrected chi connectivity index (χ4v) is 1.74. The number of para-hydroxylation sites is 1. The first kappa shape index (κ1) is 12.7. The maximum atomic E-state index is 11.1.